The highest BCUT2D eigenvalue weighted by Gasteiger charge is 2.57. The normalized spacial score (nSPS) is 30.6. The van der Waals surface area contributed by atoms with Crippen LogP contribution in [-0.2, 0) is 4.79 Å². The van der Waals surface area contributed by atoms with E-state index in [1.54, 1.807) is 23.1 Å². The maximum Gasteiger partial charge on any atom is 0.332 e. The number of carbonyl (C=O) groups is 2. The smallest absolute Gasteiger partial charge is 0.305 e. The topological polar surface area (TPSA) is 40.6 Å². The Balaban J connectivity index is 1.78. The zero-order chi connectivity index (χ0) is 14.0. The Bertz CT molecular complexity index is 623. The van der Waals surface area contributed by atoms with Gasteiger partial charge in [-0.3, -0.25) is 4.79 Å². The molecule has 4 rings (SSSR count). The summed E-state index contributed by atoms with van der Waals surface area (Å²) in [5, 5.41) is 0.808. The van der Waals surface area contributed by atoms with E-state index >= 15 is 0 Å². The van der Waals surface area contributed by atoms with Crippen LogP contribution in [0.15, 0.2) is 30.4 Å². The van der Waals surface area contributed by atoms with E-state index in [1.807, 2.05) is 12.2 Å². The molecule has 102 valence electrons. The van der Waals surface area contributed by atoms with Crippen LogP contribution in [0.1, 0.15) is 6.42 Å². The first kappa shape index (κ1) is 12.2. The van der Waals surface area contributed by atoms with Gasteiger partial charge in [-0.2, -0.15) is 0 Å². The fourth-order valence-corrected chi connectivity index (χ4v) is 3.89. The van der Waals surface area contributed by atoms with E-state index in [9.17, 15) is 9.59 Å². The van der Waals surface area contributed by atoms with Crippen LogP contribution in [0, 0.1) is 5.92 Å². The molecule has 3 aliphatic rings. The predicted molar refractivity (Wildman–Crippen MR) is 76.0 cm³/mol. The number of hydrogen-bond donors (Lipinski definition) is 0. The van der Waals surface area contributed by atoms with Gasteiger partial charge in [0.1, 0.15) is 6.04 Å². The van der Waals surface area contributed by atoms with Gasteiger partial charge in [-0.15, -0.1) is 0 Å². The van der Waals surface area contributed by atoms with E-state index in [4.69, 9.17) is 23.2 Å². The number of fused-ring (bicyclic) bond motifs is 5. The molecule has 0 aromatic heterocycles. The molecule has 3 atom stereocenters. The number of imide groups is 1. The lowest BCUT2D eigenvalue weighted by molar-refractivity contribution is -0.119. The first-order valence-corrected chi connectivity index (χ1v) is 7.12. The van der Waals surface area contributed by atoms with Crippen molar-refractivity contribution in [3.8, 4) is 0 Å². The molecule has 2 bridgehead atoms. The number of amides is 3. The molecule has 0 spiro atoms. The molecule has 2 saturated heterocycles. The minimum absolute atomic E-state index is 0.0427. The SMILES string of the molecule is O=C1C2C3C=CC(C3)N2C(=O)N1c1cc(Cl)cc(Cl)c1. The van der Waals surface area contributed by atoms with Crippen molar-refractivity contribution >= 4 is 40.8 Å². The van der Waals surface area contributed by atoms with Gasteiger partial charge in [-0.25, -0.2) is 9.69 Å². The first-order valence-electron chi connectivity index (χ1n) is 6.37. The van der Waals surface area contributed by atoms with Crippen molar-refractivity contribution in [2.45, 2.75) is 18.5 Å². The summed E-state index contributed by atoms with van der Waals surface area (Å²) in [4.78, 5) is 27.9. The lowest BCUT2D eigenvalue weighted by Crippen LogP contribution is -2.38. The van der Waals surface area contributed by atoms with Crippen molar-refractivity contribution in [1.29, 1.82) is 0 Å². The van der Waals surface area contributed by atoms with Crippen LogP contribution in [0.2, 0.25) is 10.0 Å². The Morgan fingerprint density at radius 2 is 1.75 bits per heavy atom. The van der Waals surface area contributed by atoms with Crippen molar-refractivity contribution in [3.63, 3.8) is 0 Å². The lowest BCUT2D eigenvalue weighted by Gasteiger charge is -2.22. The number of urea groups is 1. The maximum atomic E-state index is 12.6. The molecule has 1 aliphatic carbocycles. The van der Waals surface area contributed by atoms with Crippen LogP contribution in [0.25, 0.3) is 0 Å². The van der Waals surface area contributed by atoms with Gasteiger partial charge in [-0.05, 0) is 24.6 Å². The molecule has 1 aromatic carbocycles. The van der Waals surface area contributed by atoms with Crippen molar-refractivity contribution in [2.75, 3.05) is 4.90 Å². The molecule has 3 unspecified atom stereocenters. The molecule has 20 heavy (non-hydrogen) atoms. The number of rotatable bonds is 1. The van der Waals surface area contributed by atoms with Crippen molar-refractivity contribution in [1.82, 2.24) is 4.90 Å². The fraction of sp³-hybridized carbons (Fsp3) is 0.286. The Kier molecular flexibility index (Phi) is 2.44. The van der Waals surface area contributed by atoms with Crippen LogP contribution < -0.4 is 4.90 Å². The monoisotopic (exact) mass is 308 g/mol. The number of halogens is 2. The molecule has 2 heterocycles. The molecular formula is C14H10Cl2N2O2. The fourth-order valence-electron chi connectivity index (χ4n) is 3.37. The quantitative estimate of drug-likeness (QED) is 0.591. The minimum atomic E-state index is -0.366. The minimum Gasteiger partial charge on any atom is -0.305 e. The molecule has 0 saturated carbocycles. The average Bonchev–Trinajstić information content (AvgIpc) is 3.02. The van der Waals surface area contributed by atoms with Gasteiger partial charge >= 0.3 is 6.03 Å². The first-order chi connectivity index (χ1) is 9.56. The molecule has 1 aromatic rings. The number of nitrogens with zero attached hydrogens (tertiary/aromatic N) is 2. The Hall–Kier alpha value is -1.52. The van der Waals surface area contributed by atoms with Crippen LogP contribution in [0.3, 0.4) is 0 Å². The van der Waals surface area contributed by atoms with Gasteiger partial charge in [-0.1, -0.05) is 35.4 Å². The van der Waals surface area contributed by atoms with Crippen molar-refractivity contribution < 1.29 is 9.59 Å². The highest BCUT2D eigenvalue weighted by Crippen LogP contribution is 2.43. The van der Waals surface area contributed by atoms with E-state index in [1.165, 1.54) is 4.90 Å². The summed E-state index contributed by atoms with van der Waals surface area (Å²) in [5.41, 5.74) is 0.436. The molecule has 0 radical (unpaired) electrons. The molecular weight excluding hydrogens is 299 g/mol. The van der Waals surface area contributed by atoms with Gasteiger partial charge in [0.05, 0.1) is 11.7 Å². The number of carbonyl (C=O) groups excluding carboxylic acids is 2. The standard InChI is InChI=1S/C14H10Cl2N2O2/c15-8-4-9(16)6-11(5-8)18-13(19)12-7-1-2-10(3-7)17(12)14(18)20/h1-2,4-7,10,12H,3H2. The maximum absolute atomic E-state index is 12.6. The van der Waals surface area contributed by atoms with Crippen molar-refractivity contribution in [2.24, 2.45) is 5.92 Å². The lowest BCUT2D eigenvalue weighted by atomic mass is 10.0. The van der Waals surface area contributed by atoms with Gasteiger partial charge < -0.3 is 4.90 Å². The second-order valence-electron chi connectivity index (χ2n) is 5.29. The second-order valence-corrected chi connectivity index (χ2v) is 6.16. The summed E-state index contributed by atoms with van der Waals surface area (Å²) in [6.07, 6.45) is 4.89. The third-order valence-electron chi connectivity index (χ3n) is 4.15. The molecule has 6 heteroatoms. The van der Waals surface area contributed by atoms with Gasteiger partial charge in [0.25, 0.3) is 5.91 Å². The summed E-state index contributed by atoms with van der Waals surface area (Å²) in [6.45, 7) is 0. The summed E-state index contributed by atoms with van der Waals surface area (Å²) < 4.78 is 0. The van der Waals surface area contributed by atoms with E-state index in [2.05, 4.69) is 0 Å². The van der Waals surface area contributed by atoms with Crippen LogP contribution in [0.4, 0.5) is 10.5 Å². The van der Waals surface area contributed by atoms with Crippen molar-refractivity contribution in [3.05, 3.63) is 40.4 Å². The Morgan fingerprint density at radius 1 is 1.05 bits per heavy atom. The van der Waals surface area contributed by atoms with Crippen LogP contribution in [0.5, 0.6) is 0 Å². The second kappa shape index (κ2) is 3.99. The summed E-state index contributed by atoms with van der Waals surface area (Å²) in [5.74, 6) is -0.0544. The zero-order valence-corrected chi connectivity index (χ0v) is 11.8. The average molecular weight is 309 g/mol. The highest BCUT2D eigenvalue weighted by atomic mass is 35.5. The third kappa shape index (κ3) is 1.49. The van der Waals surface area contributed by atoms with E-state index in [-0.39, 0.29) is 29.9 Å². The molecule has 2 fully saturated rings. The van der Waals surface area contributed by atoms with Crippen LogP contribution in [-0.4, -0.2) is 28.9 Å². The van der Waals surface area contributed by atoms with Crippen LogP contribution >= 0.6 is 23.2 Å². The van der Waals surface area contributed by atoms with E-state index in [0.717, 1.165) is 6.42 Å². The Labute approximate surface area is 125 Å². The summed E-state index contributed by atoms with van der Waals surface area (Å²) in [6, 6.07) is 4.14. The van der Waals surface area contributed by atoms with E-state index in [0.29, 0.717) is 15.7 Å². The molecule has 2 aliphatic heterocycles. The van der Waals surface area contributed by atoms with Gasteiger partial charge in [0, 0.05) is 16.0 Å². The predicted octanol–water partition coefficient (Wildman–Crippen LogP) is 3.09. The highest BCUT2D eigenvalue weighted by molar-refractivity contribution is 6.35. The zero-order valence-electron chi connectivity index (χ0n) is 10.3. The molecule has 0 N–H and O–H groups in total. The number of anilines is 1. The largest absolute Gasteiger partial charge is 0.332 e. The molecule has 3 amide bonds. The number of benzene rings is 1. The Morgan fingerprint density at radius 3 is 2.40 bits per heavy atom. The van der Waals surface area contributed by atoms with Gasteiger partial charge in [0.2, 0.25) is 0 Å². The van der Waals surface area contributed by atoms with Gasteiger partial charge in [0.15, 0.2) is 0 Å². The number of hydrogen-bond acceptors (Lipinski definition) is 2. The molecule has 4 nitrogen and oxygen atoms in total. The van der Waals surface area contributed by atoms with E-state index < -0.39 is 0 Å². The summed E-state index contributed by atoms with van der Waals surface area (Å²) in [7, 11) is 0. The summed E-state index contributed by atoms with van der Waals surface area (Å²) >= 11 is 11.9. The third-order valence-corrected chi connectivity index (χ3v) is 4.58.